The van der Waals surface area contributed by atoms with Crippen LogP contribution in [0.2, 0.25) is 0 Å². The zero-order chi connectivity index (χ0) is 56.9. The third-order valence-electron chi connectivity index (χ3n) is 18.0. The Hall–Kier alpha value is -6.90. The molecule has 6 aliphatic heterocycles. The van der Waals surface area contributed by atoms with Crippen LogP contribution in [0, 0.1) is 35.4 Å². The molecule has 4 aromatic rings. The van der Waals surface area contributed by atoms with Crippen LogP contribution in [0.25, 0.3) is 0 Å². The fourth-order valence-electron chi connectivity index (χ4n) is 13.2. The number of aromatic nitrogens is 4. The van der Waals surface area contributed by atoms with Crippen molar-refractivity contribution in [2.75, 3.05) is 112 Å². The van der Waals surface area contributed by atoms with Gasteiger partial charge >= 0.3 is 12.0 Å². The number of piperazine rings is 2. The molecule has 2 unspecified atom stereocenters. The summed E-state index contributed by atoms with van der Waals surface area (Å²) in [7, 11) is 4.22. The summed E-state index contributed by atoms with van der Waals surface area (Å²) in [6.07, 6.45) is 8.52. The maximum absolute atomic E-state index is 16.5. The molecule has 0 spiro atoms. The summed E-state index contributed by atoms with van der Waals surface area (Å²) in [6.45, 7) is 22.0. The number of anilines is 4. The van der Waals surface area contributed by atoms with Gasteiger partial charge in [-0.3, -0.25) is 14.6 Å². The number of nitrogens with zero attached hydrogens (tertiary/aromatic N) is 14. The summed E-state index contributed by atoms with van der Waals surface area (Å²) in [6, 6.07) is 17.6. The number of halogens is 1. The number of carbonyl (C=O) groups is 1. The summed E-state index contributed by atoms with van der Waals surface area (Å²) in [5, 5.41) is 30.5. The van der Waals surface area contributed by atoms with Crippen molar-refractivity contribution in [3.8, 4) is 24.2 Å². The maximum atomic E-state index is 16.5. The minimum absolute atomic E-state index is 0.0000293. The molecule has 4 fully saturated rings. The van der Waals surface area contributed by atoms with Crippen LogP contribution in [0.4, 0.5) is 27.4 Å². The first-order chi connectivity index (χ1) is 39.2. The van der Waals surface area contributed by atoms with Gasteiger partial charge in [0.05, 0.1) is 55.5 Å². The number of aliphatic hydroxyl groups excluding tert-OH is 1. The lowest BCUT2D eigenvalue weighted by atomic mass is 9.94. The molecule has 430 valence electrons. The van der Waals surface area contributed by atoms with Crippen molar-refractivity contribution in [3.05, 3.63) is 107 Å². The molecule has 18 nitrogen and oxygen atoms in total. The van der Waals surface area contributed by atoms with E-state index in [4.69, 9.17) is 29.4 Å². The van der Waals surface area contributed by atoms with E-state index < -0.39 is 6.23 Å². The molecule has 1 N–H and O–H groups in total. The molecule has 2 aromatic heterocycles. The van der Waals surface area contributed by atoms with Crippen LogP contribution in [0.1, 0.15) is 110 Å². The molecule has 2 aromatic carbocycles. The molecule has 0 radical (unpaired) electrons. The number of hydrogen-bond donors (Lipinski definition) is 1. The number of likely N-dealkylation sites (N-methyl/N-ethyl adjacent to an activating group) is 2. The van der Waals surface area contributed by atoms with E-state index in [2.05, 4.69) is 113 Å². The van der Waals surface area contributed by atoms with Crippen LogP contribution >= 0.6 is 0 Å². The molecule has 4 saturated heterocycles. The first-order valence-corrected chi connectivity index (χ1v) is 29.3. The van der Waals surface area contributed by atoms with Gasteiger partial charge in [0.15, 0.2) is 0 Å². The topological polar surface area (TPSA) is 181 Å². The third kappa shape index (κ3) is 12.6. The summed E-state index contributed by atoms with van der Waals surface area (Å²) in [5.41, 5.74) is 8.69. The first kappa shape index (κ1) is 57.3. The molecule has 6 aliphatic rings. The minimum Gasteiger partial charge on any atom is -0.462 e. The maximum Gasteiger partial charge on any atom is 0.318 e. The standard InChI is InChI=1S/C62H81FN14O4/c1-8-57(78)76-28-26-74(35-47(76)19-21-64)59-51-17-12-24-72(46-15-10-14-43(30-46)41(3)4)37-54(51)66-62(69-59)81-40-50-31-45(34-71(50)7)44-32-53(63)42(5)56(33-44)73-25-13-18-52-55(38-73)67-61(80-39-49-16-11-23-70(49)6)68-60(52)75-27-29-77(58(79)9-2)48(36-75)20-22-65/h8-10,14-15,30,32-33,41,45,47-50,57,78H,1-2,11-13,16-20,23-29,31,34-40H2,3-7H3/t45?,47-,48-,49-,50-,57?/m0/s1. The van der Waals surface area contributed by atoms with Crippen LogP contribution in [-0.4, -0.2) is 174 Å². The van der Waals surface area contributed by atoms with Gasteiger partial charge < -0.3 is 44.0 Å². The third-order valence-corrected chi connectivity index (χ3v) is 18.0. The predicted molar refractivity (Wildman–Crippen MR) is 312 cm³/mol. The van der Waals surface area contributed by atoms with E-state index in [0.29, 0.717) is 109 Å². The second-order valence-electron chi connectivity index (χ2n) is 23.4. The molecule has 19 heteroatoms. The smallest absolute Gasteiger partial charge is 0.318 e. The second kappa shape index (κ2) is 25.5. The Morgan fingerprint density at radius 3 is 2.05 bits per heavy atom. The monoisotopic (exact) mass is 1100 g/mol. The van der Waals surface area contributed by atoms with Crippen molar-refractivity contribution < 1.29 is 23.8 Å². The van der Waals surface area contributed by atoms with Crippen molar-refractivity contribution in [3.63, 3.8) is 0 Å². The van der Waals surface area contributed by atoms with E-state index in [1.165, 1.54) is 17.7 Å². The Kier molecular flexibility index (Phi) is 18.0. The second-order valence-corrected chi connectivity index (χ2v) is 23.4. The van der Waals surface area contributed by atoms with Gasteiger partial charge in [0.25, 0.3) is 0 Å². The lowest BCUT2D eigenvalue weighted by Gasteiger charge is -2.43. The van der Waals surface area contributed by atoms with Crippen molar-refractivity contribution >= 4 is 28.9 Å². The first-order valence-electron chi connectivity index (χ1n) is 29.3. The average molecular weight is 1110 g/mol. The molecular formula is C62H81FN14O4. The quantitative estimate of drug-likeness (QED) is 0.0834. The predicted octanol–water partition coefficient (Wildman–Crippen LogP) is 7.11. The Balaban J connectivity index is 0.895. The largest absolute Gasteiger partial charge is 0.462 e. The van der Waals surface area contributed by atoms with Gasteiger partial charge in [0.2, 0.25) is 5.91 Å². The molecule has 8 heterocycles. The number of ether oxygens (including phenoxy) is 2. The number of hydrogen-bond acceptors (Lipinski definition) is 17. The van der Waals surface area contributed by atoms with Crippen molar-refractivity contribution in [1.82, 2.24) is 39.5 Å². The Bertz CT molecular complexity index is 3020. The van der Waals surface area contributed by atoms with Crippen molar-refractivity contribution in [1.29, 1.82) is 10.5 Å². The number of aliphatic hydroxyl groups is 1. The average Bonchev–Trinajstić information content (AvgIpc) is 3.95. The molecule has 6 atom stereocenters. The highest BCUT2D eigenvalue weighted by Crippen LogP contribution is 2.39. The van der Waals surface area contributed by atoms with E-state index >= 15 is 4.39 Å². The summed E-state index contributed by atoms with van der Waals surface area (Å²) in [4.78, 5) is 50.9. The van der Waals surface area contributed by atoms with E-state index in [1.807, 2.05) is 11.8 Å². The normalized spacial score (nSPS) is 23.3. The molecular weight excluding hydrogens is 1020 g/mol. The highest BCUT2D eigenvalue weighted by Gasteiger charge is 2.37. The minimum atomic E-state index is -0.849. The Morgan fingerprint density at radius 1 is 0.765 bits per heavy atom. The van der Waals surface area contributed by atoms with Gasteiger partial charge in [-0.1, -0.05) is 39.1 Å². The van der Waals surface area contributed by atoms with Gasteiger partial charge in [-0.25, -0.2) is 4.39 Å². The number of rotatable bonds is 17. The van der Waals surface area contributed by atoms with Crippen molar-refractivity contribution in [2.24, 2.45) is 0 Å². The van der Waals surface area contributed by atoms with Crippen LogP contribution in [0.5, 0.6) is 12.0 Å². The zero-order valence-electron chi connectivity index (χ0n) is 48.1. The molecule has 0 saturated carbocycles. The zero-order valence-corrected chi connectivity index (χ0v) is 48.1. The lowest BCUT2D eigenvalue weighted by Crippen LogP contribution is -2.56. The van der Waals surface area contributed by atoms with Crippen LogP contribution < -0.4 is 29.1 Å². The summed E-state index contributed by atoms with van der Waals surface area (Å²) >= 11 is 0. The number of nitriles is 2. The number of amides is 1. The van der Waals surface area contributed by atoms with E-state index in [-0.39, 0.29) is 54.7 Å². The highest BCUT2D eigenvalue weighted by molar-refractivity contribution is 5.87. The number of fused-ring (bicyclic) bond motifs is 2. The van der Waals surface area contributed by atoms with Crippen LogP contribution in [-0.2, 0) is 30.7 Å². The van der Waals surface area contributed by atoms with Gasteiger partial charge in [0, 0.05) is 105 Å². The van der Waals surface area contributed by atoms with Crippen molar-refractivity contribution in [2.45, 2.75) is 134 Å². The Labute approximate surface area is 478 Å². The van der Waals surface area contributed by atoms with Gasteiger partial charge in [-0.15, -0.1) is 0 Å². The summed E-state index contributed by atoms with van der Waals surface area (Å²) in [5.74, 6) is 1.60. The lowest BCUT2D eigenvalue weighted by molar-refractivity contribution is -0.128. The van der Waals surface area contributed by atoms with Crippen LogP contribution in [0.15, 0.2) is 61.7 Å². The molecule has 1 amide bonds. The molecule has 10 rings (SSSR count). The molecule has 81 heavy (non-hydrogen) atoms. The van der Waals surface area contributed by atoms with E-state index in [1.54, 1.807) is 11.0 Å². The van der Waals surface area contributed by atoms with Crippen LogP contribution in [0.3, 0.4) is 0 Å². The highest BCUT2D eigenvalue weighted by atomic mass is 19.1. The molecule has 0 bridgehead atoms. The van der Waals surface area contributed by atoms with Gasteiger partial charge in [0.1, 0.15) is 36.9 Å². The van der Waals surface area contributed by atoms with E-state index in [0.717, 1.165) is 103 Å². The molecule has 0 aliphatic carbocycles. The fourth-order valence-corrected chi connectivity index (χ4v) is 13.2. The summed E-state index contributed by atoms with van der Waals surface area (Å²) < 4.78 is 29.7. The SMILES string of the molecule is C=CC(=O)N1CCN(c2nc(OC[C@@H]3CCCN3C)nc3c2CCCN(c2cc(C4C[C@@H](COc5nc6c(c(N7CCN(C(O)C=C)[C@@H](CC#N)C7)n5)CCCN(c5cccc(C(C)C)c5)C6)N(C)C4)cc(F)c2C)C3)C[C@@H]1CC#N. The number of likely N-dealkylation sites (tertiary alicyclic amines) is 2. The van der Waals surface area contributed by atoms with E-state index in [9.17, 15) is 20.4 Å². The number of benzene rings is 2. The van der Waals surface area contributed by atoms with Gasteiger partial charge in [-0.05, 0) is 132 Å². The number of carbonyl (C=O) groups excluding carboxylic acids is 1. The Morgan fingerprint density at radius 2 is 1.41 bits per heavy atom. The van der Waals surface area contributed by atoms with Gasteiger partial charge in [-0.2, -0.15) is 30.5 Å². The fraction of sp³-hybridized carbons (Fsp3) is 0.565.